The quantitative estimate of drug-likeness (QED) is 0.887. The van der Waals surface area contributed by atoms with E-state index in [0.717, 1.165) is 18.4 Å². The van der Waals surface area contributed by atoms with Gasteiger partial charge in [0.15, 0.2) is 0 Å². The summed E-state index contributed by atoms with van der Waals surface area (Å²) in [5.74, 6) is 0.262. The van der Waals surface area contributed by atoms with Gasteiger partial charge in [-0.3, -0.25) is 4.90 Å². The first-order valence-corrected chi connectivity index (χ1v) is 9.36. The molecule has 0 aliphatic carbocycles. The molecule has 1 aromatic carbocycles. The van der Waals surface area contributed by atoms with Gasteiger partial charge < -0.3 is 14.6 Å². The van der Waals surface area contributed by atoms with E-state index in [2.05, 4.69) is 13.8 Å². The second-order valence-electron chi connectivity index (χ2n) is 7.32. The molecular weight excluding hydrogens is 318 g/mol. The van der Waals surface area contributed by atoms with Gasteiger partial charge in [-0.25, -0.2) is 4.79 Å². The molecule has 2 atom stereocenters. The number of hydrogen-bond acceptors (Lipinski definition) is 4. The van der Waals surface area contributed by atoms with Gasteiger partial charge in [0.05, 0.1) is 30.9 Å². The van der Waals surface area contributed by atoms with Gasteiger partial charge in [-0.2, -0.15) is 0 Å². The predicted octanol–water partition coefficient (Wildman–Crippen LogP) is 3.35. The zero-order valence-corrected chi connectivity index (χ0v) is 15.2. The van der Waals surface area contributed by atoms with Gasteiger partial charge in [-0.1, -0.05) is 57.0 Å². The molecule has 2 unspecified atom stereocenters. The highest BCUT2D eigenvalue weighted by atomic mass is 16.6. The van der Waals surface area contributed by atoms with Crippen molar-refractivity contribution in [3.63, 3.8) is 0 Å². The van der Waals surface area contributed by atoms with Crippen LogP contribution in [0.4, 0.5) is 4.79 Å². The van der Waals surface area contributed by atoms with Crippen LogP contribution >= 0.6 is 0 Å². The normalized spacial score (nSPS) is 28.9. The number of amides is 1. The molecule has 2 saturated heterocycles. The largest absolute Gasteiger partial charge is 0.445 e. The van der Waals surface area contributed by atoms with E-state index in [1.54, 1.807) is 0 Å². The summed E-state index contributed by atoms with van der Waals surface area (Å²) in [6.07, 6.45) is 2.73. The average Bonchev–Trinajstić information content (AvgIpc) is 2.60. The summed E-state index contributed by atoms with van der Waals surface area (Å²) in [4.78, 5) is 14.5. The van der Waals surface area contributed by atoms with Gasteiger partial charge in [0, 0.05) is 0 Å². The zero-order chi connectivity index (χ0) is 17.9. The molecule has 2 heterocycles. The van der Waals surface area contributed by atoms with Crippen LogP contribution in [0.25, 0.3) is 0 Å². The number of carbonyl (C=O) groups is 1. The lowest BCUT2D eigenvalue weighted by Crippen LogP contribution is -2.64. The number of nitrogens with zero attached hydrogens (tertiary/aromatic N) is 1. The van der Waals surface area contributed by atoms with Crippen molar-refractivity contribution in [2.24, 2.45) is 5.92 Å². The first-order valence-electron chi connectivity index (χ1n) is 9.36. The zero-order valence-electron chi connectivity index (χ0n) is 15.2. The number of hydrogen-bond donors (Lipinski definition) is 1. The Balaban J connectivity index is 1.67. The molecule has 2 aliphatic rings. The summed E-state index contributed by atoms with van der Waals surface area (Å²) in [5, 5.41) is 11.2. The topological polar surface area (TPSA) is 59.0 Å². The lowest BCUT2D eigenvalue weighted by atomic mass is 9.71. The molecule has 0 radical (unpaired) electrons. The van der Waals surface area contributed by atoms with E-state index >= 15 is 0 Å². The van der Waals surface area contributed by atoms with E-state index in [4.69, 9.17) is 9.47 Å². The van der Waals surface area contributed by atoms with Crippen molar-refractivity contribution >= 4 is 6.09 Å². The second kappa shape index (κ2) is 7.75. The standard InChI is InChI=1S/C20H29NO4/c1-3-16(4-2)20(23)10-17-13-24-14-18(11-20)21(17)19(22)25-12-15-8-6-5-7-9-15/h5-9,16-18,23H,3-4,10-14H2,1-2H3. The van der Waals surface area contributed by atoms with Crippen molar-refractivity contribution in [1.29, 1.82) is 0 Å². The van der Waals surface area contributed by atoms with Gasteiger partial charge in [-0.15, -0.1) is 0 Å². The van der Waals surface area contributed by atoms with Crippen molar-refractivity contribution in [2.45, 2.75) is 63.8 Å². The smallest absolute Gasteiger partial charge is 0.410 e. The molecule has 2 aliphatic heterocycles. The molecule has 0 aromatic heterocycles. The molecule has 5 nitrogen and oxygen atoms in total. The van der Waals surface area contributed by atoms with Crippen molar-refractivity contribution in [3.8, 4) is 0 Å². The predicted molar refractivity (Wildman–Crippen MR) is 95.1 cm³/mol. The fourth-order valence-electron chi connectivity index (χ4n) is 4.49. The Hall–Kier alpha value is -1.59. The number of aliphatic hydroxyl groups is 1. The van der Waals surface area contributed by atoms with Crippen LogP contribution in [0.1, 0.15) is 45.1 Å². The van der Waals surface area contributed by atoms with Crippen molar-refractivity contribution in [2.75, 3.05) is 13.2 Å². The molecule has 5 heteroatoms. The third kappa shape index (κ3) is 3.82. The summed E-state index contributed by atoms with van der Waals surface area (Å²) in [6.45, 7) is 5.46. The Morgan fingerprint density at radius 2 is 1.84 bits per heavy atom. The summed E-state index contributed by atoms with van der Waals surface area (Å²) in [6, 6.07) is 9.47. The molecule has 2 bridgehead atoms. The fourth-order valence-corrected chi connectivity index (χ4v) is 4.49. The third-order valence-corrected chi connectivity index (χ3v) is 5.75. The van der Waals surface area contributed by atoms with Crippen molar-refractivity contribution < 1.29 is 19.4 Å². The van der Waals surface area contributed by atoms with Crippen LogP contribution in [-0.2, 0) is 16.1 Å². The average molecular weight is 347 g/mol. The SMILES string of the molecule is CCC(CC)C1(O)CC2COCC(C1)N2C(=O)OCc1ccccc1. The van der Waals surface area contributed by atoms with Gasteiger partial charge in [0.2, 0.25) is 0 Å². The summed E-state index contributed by atoms with van der Waals surface area (Å²) in [7, 11) is 0. The minimum absolute atomic E-state index is 0.110. The highest BCUT2D eigenvalue weighted by Gasteiger charge is 2.50. The molecular formula is C20H29NO4. The van der Waals surface area contributed by atoms with Gasteiger partial charge >= 0.3 is 6.09 Å². The third-order valence-electron chi connectivity index (χ3n) is 5.75. The van der Waals surface area contributed by atoms with Crippen LogP contribution in [0.2, 0.25) is 0 Å². The van der Waals surface area contributed by atoms with Gasteiger partial charge in [0.1, 0.15) is 6.61 Å². The minimum Gasteiger partial charge on any atom is -0.445 e. The minimum atomic E-state index is -0.710. The number of piperidine rings is 1. The van der Waals surface area contributed by atoms with E-state index in [1.165, 1.54) is 0 Å². The first-order chi connectivity index (χ1) is 12.1. The van der Waals surface area contributed by atoms with Crippen LogP contribution in [0.5, 0.6) is 0 Å². The number of rotatable bonds is 5. The molecule has 1 amide bonds. The molecule has 3 rings (SSSR count). The van der Waals surface area contributed by atoms with Crippen molar-refractivity contribution in [3.05, 3.63) is 35.9 Å². The second-order valence-corrected chi connectivity index (χ2v) is 7.32. The maximum atomic E-state index is 12.7. The molecule has 1 aromatic rings. The van der Waals surface area contributed by atoms with Gasteiger partial charge in [-0.05, 0) is 24.3 Å². The molecule has 2 fully saturated rings. The lowest BCUT2D eigenvalue weighted by molar-refractivity contribution is -0.154. The van der Waals surface area contributed by atoms with E-state index in [1.807, 2.05) is 35.2 Å². The van der Waals surface area contributed by atoms with Gasteiger partial charge in [0.25, 0.3) is 0 Å². The maximum Gasteiger partial charge on any atom is 0.410 e. The summed E-state index contributed by atoms with van der Waals surface area (Å²) < 4.78 is 11.2. The number of ether oxygens (including phenoxy) is 2. The van der Waals surface area contributed by atoms with Crippen LogP contribution in [0.15, 0.2) is 30.3 Å². The monoisotopic (exact) mass is 347 g/mol. The van der Waals surface area contributed by atoms with E-state index < -0.39 is 5.60 Å². The van der Waals surface area contributed by atoms with Crippen LogP contribution < -0.4 is 0 Å². The Kier molecular flexibility index (Phi) is 5.64. The number of carbonyl (C=O) groups excluding carboxylic acids is 1. The maximum absolute atomic E-state index is 12.7. The van der Waals surface area contributed by atoms with E-state index in [0.29, 0.717) is 26.1 Å². The van der Waals surface area contributed by atoms with Crippen molar-refractivity contribution in [1.82, 2.24) is 4.90 Å². The molecule has 25 heavy (non-hydrogen) atoms. The summed E-state index contributed by atoms with van der Waals surface area (Å²) in [5.41, 5.74) is 0.265. The number of benzene rings is 1. The highest BCUT2D eigenvalue weighted by molar-refractivity contribution is 5.69. The van der Waals surface area contributed by atoms with Crippen LogP contribution in [0.3, 0.4) is 0 Å². The highest BCUT2D eigenvalue weighted by Crippen LogP contribution is 2.41. The molecule has 0 saturated carbocycles. The fraction of sp³-hybridized carbons (Fsp3) is 0.650. The Morgan fingerprint density at radius 3 is 2.40 bits per heavy atom. The molecule has 138 valence electrons. The Morgan fingerprint density at radius 1 is 1.24 bits per heavy atom. The van der Waals surface area contributed by atoms with Crippen LogP contribution in [0, 0.1) is 5.92 Å². The van der Waals surface area contributed by atoms with E-state index in [-0.39, 0.29) is 30.7 Å². The molecule has 0 spiro atoms. The van der Waals surface area contributed by atoms with E-state index in [9.17, 15) is 9.90 Å². The van der Waals surface area contributed by atoms with Crippen LogP contribution in [-0.4, -0.2) is 47.0 Å². The summed E-state index contributed by atoms with van der Waals surface area (Å²) >= 11 is 0. The Labute approximate surface area is 149 Å². The molecule has 1 N–H and O–H groups in total. The number of morpholine rings is 1. The first kappa shape index (κ1) is 18.2. The lowest BCUT2D eigenvalue weighted by Gasteiger charge is -2.53. The Bertz CT molecular complexity index is 558. The number of fused-ring (bicyclic) bond motifs is 2.